The van der Waals surface area contributed by atoms with Gasteiger partial charge < -0.3 is 10.0 Å². The van der Waals surface area contributed by atoms with Crippen LogP contribution < -0.4 is 10.0 Å². The van der Waals surface area contributed by atoms with Gasteiger partial charge in [0, 0.05) is 29.8 Å². The van der Waals surface area contributed by atoms with E-state index in [1.165, 1.54) is 18.9 Å². The Morgan fingerprint density at radius 3 is 2.70 bits per heavy atom. The molecule has 0 saturated heterocycles. The van der Waals surface area contributed by atoms with E-state index in [0.717, 1.165) is 38.0 Å². The fourth-order valence-corrected chi connectivity index (χ4v) is 3.53. The minimum atomic E-state index is -0.157. The second-order valence-electron chi connectivity index (χ2n) is 6.06. The summed E-state index contributed by atoms with van der Waals surface area (Å²) in [5.74, 6) is 0.353. The van der Waals surface area contributed by atoms with Gasteiger partial charge in [-0.3, -0.25) is 9.78 Å². The number of anilines is 2. The van der Waals surface area contributed by atoms with Crippen molar-refractivity contribution in [1.29, 1.82) is 0 Å². The van der Waals surface area contributed by atoms with Crippen LogP contribution in [0.15, 0.2) is 53.7 Å². The van der Waals surface area contributed by atoms with Crippen LogP contribution >= 0.6 is 23.5 Å². The first kappa shape index (κ1) is 19.2. The van der Waals surface area contributed by atoms with Crippen LogP contribution in [0.1, 0.15) is 18.2 Å². The second kappa shape index (κ2) is 8.41. The normalized spacial score (nSPS) is 10.5. The molecule has 1 aromatic carbocycles. The molecule has 0 aliphatic rings. The first-order chi connectivity index (χ1) is 12.9. The Balaban J connectivity index is 1.84. The smallest absolute Gasteiger partial charge is 0.222 e. The van der Waals surface area contributed by atoms with E-state index in [4.69, 9.17) is 11.6 Å². The molecule has 0 radical (unpaired) electrons. The number of carbonyl (C=O) groups is 1. The monoisotopic (exact) mass is 398 g/mol. The summed E-state index contributed by atoms with van der Waals surface area (Å²) in [6, 6.07) is 11.7. The van der Waals surface area contributed by atoms with E-state index < -0.39 is 0 Å². The molecular formula is C20H19ClN4OS. The lowest BCUT2D eigenvalue weighted by Crippen LogP contribution is -2.07. The van der Waals surface area contributed by atoms with Crippen molar-refractivity contribution in [2.24, 2.45) is 0 Å². The molecule has 0 aliphatic carbocycles. The van der Waals surface area contributed by atoms with Crippen molar-refractivity contribution in [2.45, 2.75) is 25.7 Å². The molecule has 0 atom stereocenters. The highest BCUT2D eigenvalue weighted by Gasteiger charge is 2.08. The van der Waals surface area contributed by atoms with E-state index in [1.54, 1.807) is 12.4 Å². The van der Waals surface area contributed by atoms with Gasteiger partial charge in [0.2, 0.25) is 5.91 Å². The van der Waals surface area contributed by atoms with Crippen molar-refractivity contribution in [3.8, 4) is 11.1 Å². The summed E-state index contributed by atoms with van der Waals surface area (Å²) in [7, 11) is 0. The average molecular weight is 399 g/mol. The van der Waals surface area contributed by atoms with Crippen LogP contribution in [0.3, 0.4) is 0 Å². The van der Waals surface area contributed by atoms with Gasteiger partial charge in [0.05, 0.1) is 16.4 Å². The minimum absolute atomic E-state index is 0.157. The van der Waals surface area contributed by atoms with Crippen molar-refractivity contribution >= 4 is 41.0 Å². The summed E-state index contributed by atoms with van der Waals surface area (Å²) in [5.41, 5.74) is 4.66. The third kappa shape index (κ3) is 4.78. The average Bonchev–Trinajstić information content (AvgIpc) is 2.64. The maximum atomic E-state index is 11.2. The number of carbonyl (C=O) groups excluding carboxylic acids is 1. The van der Waals surface area contributed by atoms with E-state index in [1.807, 2.05) is 50.2 Å². The van der Waals surface area contributed by atoms with E-state index in [9.17, 15) is 4.79 Å². The largest absolute Gasteiger partial charge is 0.324 e. The van der Waals surface area contributed by atoms with Gasteiger partial charge in [-0.2, -0.15) is 0 Å². The molecular weight excluding hydrogens is 380 g/mol. The van der Waals surface area contributed by atoms with Gasteiger partial charge in [0.25, 0.3) is 0 Å². The summed E-state index contributed by atoms with van der Waals surface area (Å²) in [6.07, 6.45) is 3.46. The maximum absolute atomic E-state index is 11.2. The number of aromatic nitrogens is 2. The Hall–Kier alpha value is -2.57. The summed E-state index contributed by atoms with van der Waals surface area (Å²) < 4.78 is 3.34. The maximum Gasteiger partial charge on any atom is 0.222 e. The second-order valence-corrected chi connectivity index (χ2v) is 7.29. The first-order valence-electron chi connectivity index (χ1n) is 8.32. The van der Waals surface area contributed by atoms with Gasteiger partial charge in [0.1, 0.15) is 5.82 Å². The molecule has 0 fully saturated rings. The molecule has 0 aliphatic heterocycles. The molecule has 5 nitrogen and oxygen atoms in total. The van der Waals surface area contributed by atoms with Crippen LogP contribution in [-0.2, 0) is 4.79 Å². The lowest BCUT2D eigenvalue weighted by Gasteiger charge is -2.12. The van der Waals surface area contributed by atoms with Crippen LogP contribution in [0.25, 0.3) is 11.1 Å². The number of hydrogen-bond acceptors (Lipinski definition) is 5. The van der Waals surface area contributed by atoms with Crippen molar-refractivity contribution in [3.63, 3.8) is 0 Å². The molecule has 2 N–H and O–H groups in total. The topological polar surface area (TPSA) is 66.9 Å². The van der Waals surface area contributed by atoms with Crippen LogP contribution in [0, 0.1) is 13.8 Å². The van der Waals surface area contributed by atoms with Gasteiger partial charge in [-0.25, -0.2) is 4.98 Å². The van der Waals surface area contributed by atoms with E-state index in [0.29, 0.717) is 5.82 Å². The van der Waals surface area contributed by atoms with Gasteiger partial charge in [-0.1, -0.05) is 23.7 Å². The lowest BCUT2D eigenvalue weighted by molar-refractivity contribution is -0.114. The predicted molar refractivity (Wildman–Crippen MR) is 112 cm³/mol. The fourth-order valence-electron chi connectivity index (χ4n) is 2.46. The van der Waals surface area contributed by atoms with Gasteiger partial charge in [0.15, 0.2) is 0 Å². The molecule has 0 saturated carbocycles. The molecule has 3 rings (SSSR count). The zero-order valence-electron chi connectivity index (χ0n) is 15.2. The minimum Gasteiger partial charge on any atom is -0.324 e. The third-order valence-electron chi connectivity index (χ3n) is 3.91. The molecule has 0 spiro atoms. The number of hydrogen-bond donors (Lipinski definition) is 2. The zero-order valence-corrected chi connectivity index (χ0v) is 16.8. The Bertz CT molecular complexity index is 993. The quantitative estimate of drug-likeness (QED) is 0.556. The van der Waals surface area contributed by atoms with E-state index >= 15 is 0 Å². The first-order valence-corrected chi connectivity index (χ1v) is 9.52. The number of nitrogens with one attached hydrogen (secondary N) is 2. The molecule has 0 unspecified atom stereocenters. The van der Waals surface area contributed by atoms with Gasteiger partial charge >= 0.3 is 0 Å². The highest BCUT2D eigenvalue weighted by molar-refractivity contribution is 8.00. The fraction of sp³-hybridized carbons (Fsp3) is 0.150. The van der Waals surface area contributed by atoms with Crippen molar-refractivity contribution in [1.82, 2.24) is 9.97 Å². The summed E-state index contributed by atoms with van der Waals surface area (Å²) in [4.78, 5) is 20.8. The Kier molecular flexibility index (Phi) is 5.98. The van der Waals surface area contributed by atoms with Crippen LogP contribution in [0.5, 0.6) is 0 Å². The molecule has 1 amide bonds. The van der Waals surface area contributed by atoms with Gasteiger partial charge in [-0.05, 0) is 61.2 Å². The summed E-state index contributed by atoms with van der Waals surface area (Å²) in [5, 5.41) is 3.44. The van der Waals surface area contributed by atoms with Crippen molar-refractivity contribution in [3.05, 3.63) is 65.1 Å². The predicted octanol–water partition coefficient (Wildman–Crippen LogP) is 5.49. The lowest BCUT2D eigenvalue weighted by atomic mass is 10.1. The van der Waals surface area contributed by atoms with Crippen LogP contribution in [-0.4, -0.2) is 15.9 Å². The van der Waals surface area contributed by atoms with Crippen molar-refractivity contribution < 1.29 is 4.79 Å². The highest BCUT2D eigenvalue weighted by atomic mass is 35.5. The number of halogens is 1. The summed E-state index contributed by atoms with van der Waals surface area (Å²) in [6.45, 7) is 5.38. The molecule has 2 aromatic heterocycles. The molecule has 0 bridgehead atoms. The Morgan fingerprint density at radius 1 is 1.11 bits per heavy atom. The number of rotatable bonds is 5. The Labute approximate surface area is 167 Å². The molecule has 7 heteroatoms. The summed E-state index contributed by atoms with van der Waals surface area (Å²) >= 11 is 7.82. The van der Waals surface area contributed by atoms with Gasteiger partial charge in [-0.15, -0.1) is 0 Å². The molecule has 138 valence electrons. The number of amides is 1. The standard InChI is InChI=1S/C20H19ClN4OS/c1-12-5-4-6-18(20(12)21)27-25-17-9-16(11-23-13(17)2)15-7-8-22-19(10-15)24-14(3)26/h4-11,25H,1-3H3,(H,22,24,26). The van der Waals surface area contributed by atoms with E-state index in [2.05, 4.69) is 20.0 Å². The van der Waals surface area contributed by atoms with Crippen LogP contribution in [0.4, 0.5) is 11.5 Å². The number of benzene rings is 1. The number of aryl methyl sites for hydroxylation is 2. The van der Waals surface area contributed by atoms with E-state index in [-0.39, 0.29) is 5.91 Å². The molecule has 27 heavy (non-hydrogen) atoms. The van der Waals surface area contributed by atoms with Crippen LogP contribution in [0.2, 0.25) is 5.02 Å². The van der Waals surface area contributed by atoms with Crippen molar-refractivity contribution in [2.75, 3.05) is 10.0 Å². The Morgan fingerprint density at radius 2 is 1.93 bits per heavy atom. The molecule has 2 heterocycles. The highest BCUT2D eigenvalue weighted by Crippen LogP contribution is 2.32. The number of nitrogens with zero attached hydrogens (tertiary/aromatic N) is 2. The zero-order chi connectivity index (χ0) is 19.4. The molecule has 3 aromatic rings. The SMILES string of the molecule is CC(=O)Nc1cc(-c2cnc(C)c(NSc3cccc(C)c3Cl)c2)ccn1. The number of pyridine rings is 2. The third-order valence-corrected chi connectivity index (χ3v) is 5.41.